The van der Waals surface area contributed by atoms with E-state index in [2.05, 4.69) is 31.6 Å². The summed E-state index contributed by atoms with van der Waals surface area (Å²) >= 11 is 1.41. The van der Waals surface area contributed by atoms with Crippen molar-refractivity contribution in [2.45, 2.75) is 68.4 Å². The number of aliphatic carboxylic acids is 1. The highest BCUT2D eigenvalue weighted by molar-refractivity contribution is 7.98. The van der Waals surface area contributed by atoms with Crippen molar-refractivity contribution < 1.29 is 33.9 Å². The second-order valence-electron chi connectivity index (χ2n) is 16.0. The molecule has 5 atom stereocenters. The Balaban J connectivity index is 1.27. The maximum Gasteiger partial charge on any atom is 0.305 e. The van der Waals surface area contributed by atoms with Crippen LogP contribution in [0.25, 0.3) is 10.9 Å². The molecule has 66 heavy (non-hydrogen) atoms. The Morgan fingerprint density at radius 3 is 1.62 bits per heavy atom. The number of H-pyrrole nitrogens is 1. The van der Waals surface area contributed by atoms with Gasteiger partial charge in [-0.25, -0.2) is 0 Å². The second-order valence-corrected chi connectivity index (χ2v) is 17.0. The zero-order chi connectivity index (χ0) is 47.1. The number of hydrogen-bond donors (Lipinski definition) is 8. The van der Waals surface area contributed by atoms with Crippen LogP contribution in [0.1, 0.15) is 47.6 Å². The largest absolute Gasteiger partial charge is 0.481 e. The molecule has 0 aliphatic heterocycles. The highest BCUT2D eigenvalue weighted by atomic mass is 32.2. The Labute approximate surface area is 387 Å². The molecule has 342 valence electrons. The number of hydrogen-bond acceptors (Lipinski definition) is 8. The van der Waals surface area contributed by atoms with Gasteiger partial charge in [-0.05, 0) is 59.2 Å². The zero-order valence-electron chi connectivity index (χ0n) is 36.7. The maximum atomic E-state index is 14.6. The van der Waals surface area contributed by atoms with Gasteiger partial charge in [-0.3, -0.25) is 34.1 Å². The number of aromatic nitrogens is 1. The van der Waals surface area contributed by atoms with E-state index < -0.39 is 77.7 Å². The Kier molecular flexibility index (Phi) is 16.9. The molecule has 5 amide bonds. The lowest BCUT2D eigenvalue weighted by Gasteiger charge is -2.39. The number of carbonyl (C=O) groups excluding carboxylic acids is 5. The minimum absolute atomic E-state index is 0.0332. The Morgan fingerprint density at radius 2 is 1.08 bits per heavy atom. The molecule has 6 aromatic rings. The minimum Gasteiger partial charge on any atom is -0.481 e. The van der Waals surface area contributed by atoms with E-state index in [4.69, 9.17) is 5.73 Å². The van der Waals surface area contributed by atoms with E-state index in [1.807, 2.05) is 122 Å². The summed E-state index contributed by atoms with van der Waals surface area (Å²) in [6.07, 6.45) is 2.94. The third kappa shape index (κ3) is 12.3. The van der Waals surface area contributed by atoms with Gasteiger partial charge in [-0.15, -0.1) is 0 Å². The number of carbonyl (C=O) groups is 6. The molecule has 9 N–H and O–H groups in total. The van der Waals surface area contributed by atoms with Crippen LogP contribution < -0.4 is 32.3 Å². The summed E-state index contributed by atoms with van der Waals surface area (Å²) in [5.74, 6) is -4.79. The number of para-hydroxylation sites is 1. The molecule has 6 rings (SSSR count). The average Bonchev–Trinajstić information content (AvgIpc) is 3.74. The normalized spacial score (nSPS) is 13.6. The van der Waals surface area contributed by atoms with E-state index >= 15 is 0 Å². The Bertz CT molecular complexity index is 2480. The quantitative estimate of drug-likeness (QED) is 0.0421. The molecule has 0 saturated heterocycles. The van der Waals surface area contributed by atoms with Crippen molar-refractivity contribution in [1.82, 2.24) is 31.6 Å². The van der Waals surface area contributed by atoms with E-state index in [0.717, 1.165) is 33.2 Å². The molecule has 5 aromatic carbocycles. The van der Waals surface area contributed by atoms with Crippen molar-refractivity contribution in [2.24, 2.45) is 5.73 Å². The summed E-state index contributed by atoms with van der Waals surface area (Å²) in [5.41, 5.74) is 9.53. The molecule has 0 saturated carbocycles. The van der Waals surface area contributed by atoms with Crippen LogP contribution >= 0.6 is 11.8 Å². The van der Waals surface area contributed by atoms with Crippen LogP contribution in [-0.2, 0) is 47.1 Å². The van der Waals surface area contributed by atoms with Crippen LogP contribution in [0, 0.1) is 0 Å². The first-order valence-electron chi connectivity index (χ1n) is 21.6. The van der Waals surface area contributed by atoms with E-state index in [0.29, 0.717) is 11.3 Å². The van der Waals surface area contributed by atoms with Crippen LogP contribution in [-0.4, -0.2) is 87.8 Å². The van der Waals surface area contributed by atoms with Crippen molar-refractivity contribution >= 4 is 58.2 Å². The number of carboxylic acids is 1. The van der Waals surface area contributed by atoms with Gasteiger partial charge < -0.3 is 37.1 Å². The number of carboxylic acid groups (broad SMARTS) is 1. The van der Waals surface area contributed by atoms with Gasteiger partial charge in [0.1, 0.15) is 24.2 Å². The van der Waals surface area contributed by atoms with Gasteiger partial charge in [0.25, 0.3) is 0 Å². The van der Waals surface area contributed by atoms with E-state index in [1.54, 1.807) is 43.5 Å². The number of primary amides is 1. The Morgan fingerprint density at radius 1 is 0.606 bits per heavy atom. The SMILES string of the molecule is CSCC[C@H](NC(=O)[C@H](Cc1c[nH]c2ccccc12)NC(=O)[C@H](C)NC(c1ccccc1)(c1ccccc1)c1ccccc1)C(=O)N[C@@H](CC(=O)O)C(=O)N[C@@H](Cc1ccccc1)C(N)=O. The third-order valence-corrected chi connectivity index (χ3v) is 12.0. The molecule has 0 fully saturated rings. The average molecular weight is 910 g/mol. The van der Waals surface area contributed by atoms with Gasteiger partial charge in [0.2, 0.25) is 29.5 Å². The first kappa shape index (κ1) is 48.2. The monoisotopic (exact) mass is 909 g/mol. The summed E-state index contributed by atoms with van der Waals surface area (Å²) in [5, 5.41) is 25.0. The minimum atomic E-state index is -1.63. The van der Waals surface area contributed by atoms with Gasteiger partial charge in [-0.1, -0.05) is 140 Å². The molecule has 0 aliphatic rings. The van der Waals surface area contributed by atoms with Crippen LogP contribution in [0.4, 0.5) is 0 Å². The van der Waals surface area contributed by atoms with Gasteiger partial charge in [0.15, 0.2) is 0 Å². The first-order valence-corrected chi connectivity index (χ1v) is 23.0. The van der Waals surface area contributed by atoms with Gasteiger partial charge in [0.05, 0.1) is 18.0 Å². The number of benzene rings is 5. The lowest BCUT2D eigenvalue weighted by molar-refractivity contribution is -0.141. The summed E-state index contributed by atoms with van der Waals surface area (Å²) in [6.45, 7) is 1.73. The fraction of sp³-hybridized carbons (Fsp3) is 0.255. The van der Waals surface area contributed by atoms with Gasteiger partial charge in [-0.2, -0.15) is 11.8 Å². The first-order chi connectivity index (χ1) is 31.9. The topological polar surface area (TPSA) is 225 Å². The lowest BCUT2D eigenvalue weighted by Crippen LogP contribution is -2.60. The maximum absolute atomic E-state index is 14.6. The molecule has 15 heteroatoms. The zero-order valence-corrected chi connectivity index (χ0v) is 37.6. The number of aromatic amines is 1. The molecular formula is C51H55N7O7S. The smallest absolute Gasteiger partial charge is 0.305 e. The molecule has 0 unspecified atom stereocenters. The fourth-order valence-corrected chi connectivity index (χ4v) is 8.48. The van der Waals surface area contributed by atoms with Crippen molar-refractivity contribution in [1.29, 1.82) is 0 Å². The second kappa shape index (κ2) is 23.1. The van der Waals surface area contributed by atoms with Crippen molar-refractivity contribution in [3.8, 4) is 0 Å². The molecule has 0 bridgehead atoms. The molecule has 1 aromatic heterocycles. The number of thioether (sulfide) groups is 1. The molecule has 1 heterocycles. The number of nitrogens with two attached hydrogens (primary N) is 1. The highest BCUT2D eigenvalue weighted by Gasteiger charge is 2.40. The fourth-order valence-electron chi connectivity index (χ4n) is 8.01. The van der Waals surface area contributed by atoms with Gasteiger partial charge in [0, 0.05) is 29.9 Å². The number of rotatable bonds is 23. The number of amides is 5. The van der Waals surface area contributed by atoms with E-state index in [1.165, 1.54) is 11.8 Å². The lowest BCUT2D eigenvalue weighted by atomic mass is 9.76. The van der Waals surface area contributed by atoms with Crippen molar-refractivity contribution in [3.05, 3.63) is 180 Å². The van der Waals surface area contributed by atoms with Crippen LogP contribution in [0.3, 0.4) is 0 Å². The highest BCUT2D eigenvalue weighted by Crippen LogP contribution is 2.37. The van der Waals surface area contributed by atoms with Crippen LogP contribution in [0.15, 0.2) is 152 Å². The molecule has 0 aliphatic carbocycles. The van der Waals surface area contributed by atoms with E-state index in [-0.39, 0.29) is 19.3 Å². The summed E-state index contributed by atoms with van der Waals surface area (Å²) in [6, 6.07) is 39.5. The van der Waals surface area contributed by atoms with Crippen LogP contribution in [0.5, 0.6) is 0 Å². The molecule has 0 spiro atoms. The van der Waals surface area contributed by atoms with Crippen LogP contribution in [0.2, 0.25) is 0 Å². The standard InChI is InChI=1S/C51H55N7O7S/c1-33(58-51(36-19-9-4-10-20-36,37-21-11-5-12-22-37)38-23-13-6-14-24-38)47(62)56-43(30-35-32-53-40-26-16-15-25-39(35)40)49(64)54-41(27-28-66-2)48(63)57-44(31-45(59)60)50(65)55-42(46(52)61)29-34-17-7-3-8-18-34/h3-26,32-33,41-44,53,58H,27-31H2,1-2H3,(H2,52,61)(H,54,64)(H,55,65)(H,56,62)(H,57,63)(H,59,60)/t33-,41-,42-,43-,44-/m0/s1. The predicted octanol–water partition coefficient (Wildman–Crippen LogP) is 4.58. The molecule has 14 nitrogen and oxygen atoms in total. The Hall–Kier alpha value is -7.23. The number of fused-ring (bicyclic) bond motifs is 1. The summed E-state index contributed by atoms with van der Waals surface area (Å²) in [7, 11) is 0. The van der Waals surface area contributed by atoms with Crippen molar-refractivity contribution in [2.75, 3.05) is 12.0 Å². The summed E-state index contributed by atoms with van der Waals surface area (Å²) < 4.78 is 0. The van der Waals surface area contributed by atoms with Crippen molar-refractivity contribution in [3.63, 3.8) is 0 Å². The number of nitrogens with one attached hydrogen (secondary N) is 6. The summed E-state index contributed by atoms with van der Waals surface area (Å²) in [4.78, 5) is 84.5. The van der Waals surface area contributed by atoms with E-state index in [9.17, 15) is 33.9 Å². The van der Waals surface area contributed by atoms with Gasteiger partial charge >= 0.3 is 5.97 Å². The molecular weight excluding hydrogens is 855 g/mol. The molecule has 0 radical (unpaired) electrons. The predicted molar refractivity (Wildman–Crippen MR) is 256 cm³/mol. The third-order valence-electron chi connectivity index (χ3n) is 11.4.